The van der Waals surface area contributed by atoms with Crippen LogP contribution in [0.2, 0.25) is 0 Å². The van der Waals surface area contributed by atoms with Crippen molar-refractivity contribution in [2.24, 2.45) is 5.92 Å². The van der Waals surface area contributed by atoms with E-state index in [1.54, 1.807) is 12.1 Å². The third-order valence-corrected chi connectivity index (χ3v) is 8.55. The minimum absolute atomic E-state index is 0.0392. The summed E-state index contributed by atoms with van der Waals surface area (Å²) >= 11 is 1.97. The maximum atomic E-state index is 15.7. The SMILES string of the molecule is O=C1CCC(N2Cc3c(ccc(C[C@H]4OCCC[C@@H]4NC4CCC(COI)CC4)c3F)C2=O)C(=O)N1. The number of hydrogen-bond donors (Lipinski definition) is 2. The van der Waals surface area contributed by atoms with E-state index in [0.29, 0.717) is 41.7 Å². The van der Waals surface area contributed by atoms with Crippen LogP contribution in [0.4, 0.5) is 4.39 Å². The number of halogens is 2. The average molecular weight is 613 g/mol. The topological polar surface area (TPSA) is 97.0 Å². The maximum Gasteiger partial charge on any atom is 0.255 e. The van der Waals surface area contributed by atoms with E-state index in [0.717, 1.165) is 45.1 Å². The number of nitrogens with one attached hydrogen (secondary N) is 2. The number of nitrogens with zero attached hydrogens (tertiary/aromatic N) is 1. The van der Waals surface area contributed by atoms with Gasteiger partial charge in [-0.2, -0.15) is 0 Å². The fourth-order valence-corrected chi connectivity index (χ4v) is 6.66. The number of benzene rings is 1. The number of rotatable bonds is 7. The molecule has 4 aliphatic rings. The van der Waals surface area contributed by atoms with Crippen LogP contribution >= 0.6 is 23.0 Å². The Morgan fingerprint density at radius 3 is 2.69 bits per heavy atom. The van der Waals surface area contributed by atoms with Gasteiger partial charge in [-0.1, -0.05) is 6.07 Å². The van der Waals surface area contributed by atoms with Crippen LogP contribution in [-0.2, 0) is 30.4 Å². The lowest BCUT2D eigenvalue weighted by Gasteiger charge is -2.37. The Morgan fingerprint density at radius 1 is 1.14 bits per heavy atom. The third kappa shape index (κ3) is 5.46. The molecule has 1 unspecified atom stereocenters. The standard InChI is InChI=1S/C26H33FIN3O5/c27-24-16(5-8-18-19(24)13-31(26(18)34)21-9-10-23(32)30-25(21)33)12-22-20(2-1-11-35-22)29-17-6-3-15(4-7-17)14-36-28/h5,8,15,17,20-22,29H,1-4,6-7,9-14H2,(H,30,32,33)/t15?,17?,20-,21?,22+/m0/s1. The predicted molar refractivity (Wildman–Crippen MR) is 138 cm³/mol. The zero-order chi connectivity index (χ0) is 25.2. The maximum absolute atomic E-state index is 15.7. The number of carbonyl (C=O) groups excluding carboxylic acids is 3. The van der Waals surface area contributed by atoms with E-state index >= 15 is 4.39 Å². The average Bonchev–Trinajstić information content (AvgIpc) is 3.20. The molecule has 3 fully saturated rings. The third-order valence-electron chi connectivity index (χ3n) is 8.19. The van der Waals surface area contributed by atoms with Gasteiger partial charge in [0.05, 0.1) is 19.3 Å². The highest BCUT2D eigenvalue weighted by molar-refractivity contribution is 14.1. The second-order valence-electron chi connectivity index (χ2n) is 10.5. The van der Waals surface area contributed by atoms with Crippen molar-refractivity contribution in [3.8, 4) is 0 Å². The molecule has 0 radical (unpaired) electrons. The van der Waals surface area contributed by atoms with Gasteiger partial charge in [-0.25, -0.2) is 4.39 Å². The molecule has 1 aromatic carbocycles. The molecular weight excluding hydrogens is 580 g/mol. The smallest absolute Gasteiger partial charge is 0.255 e. The molecule has 3 amide bonds. The van der Waals surface area contributed by atoms with E-state index in [4.69, 9.17) is 7.80 Å². The van der Waals surface area contributed by atoms with Crippen molar-refractivity contribution >= 4 is 40.7 Å². The molecule has 196 valence electrons. The summed E-state index contributed by atoms with van der Waals surface area (Å²) in [6.45, 7) is 1.51. The van der Waals surface area contributed by atoms with Crippen LogP contribution in [0.1, 0.15) is 72.9 Å². The van der Waals surface area contributed by atoms with Crippen molar-refractivity contribution in [1.29, 1.82) is 0 Å². The van der Waals surface area contributed by atoms with Crippen molar-refractivity contribution in [2.75, 3.05) is 13.2 Å². The summed E-state index contributed by atoms with van der Waals surface area (Å²) in [5.41, 5.74) is 1.17. The monoisotopic (exact) mass is 613 g/mol. The van der Waals surface area contributed by atoms with Gasteiger partial charge in [-0.15, -0.1) is 0 Å². The predicted octanol–water partition coefficient (Wildman–Crippen LogP) is 3.19. The Bertz CT molecular complexity index is 1020. The van der Waals surface area contributed by atoms with Crippen LogP contribution in [0.15, 0.2) is 12.1 Å². The van der Waals surface area contributed by atoms with Gasteiger partial charge in [0.25, 0.3) is 5.91 Å². The van der Waals surface area contributed by atoms with Crippen LogP contribution in [0, 0.1) is 11.7 Å². The number of hydrogen-bond acceptors (Lipinski definition) is 6. The number of carbonyl (C=O) groups is 3. The number of ether oxygens (including phenoxy) is 1. The van der Waals surface area contributed by atoms with Crippen LogP contribution in [0.5, 0.6) is 0 Å². The zero-order valence-electron chi connectivity index (χ0n) is 20.3. The van der Waals surface area contributed by atoms with E-state index < -0.39 is 11.9 Å². The number of amides is 3. The molecule has 2 N–H and O–H groups in total. The molecule has 1 saturated carbocycles. The highest BCUT2D eigenvalue weighted by Crippen LogP contribution is 2.32. The first-order valence-electron chi connectivity index (χ1n) is 13.0. The van der Waals surface area contributed by atoms with Crippen LogP contribution < -0.4 is 10.6 Å². The van der Waals surface area contributed by atoms with E-state index in [1.165, 1.54) is 4.90 Å². The first-order valence-corrected chi connectivity index (χ1v) is 13.9. The summed E-state index contributed by atoms with van der Waals surface area (Å²) < 4.78 is 27.1. The number of fused-ring (bicyclic) bond motifs is 1. The van der Waals surface area contributed by atoms with E-state index in [-0.39, 0.29) is 49.2 Å². The van der Waals surface area contributed by atoms with Crippen molar-refractivity contribution in [1.82, 2.24) is 15.5 Å². The van der Waals surface area contributed by atoms with Gasteiger partial charge < -0.3 is 18.0 Å². The van der Waals surface area contributed by atoms with E-state index in [1.807, 2.05) is 23.0 Å². The van der Waals surface area contributed by atoms with Crippen molar-refractivity contribution < 1.29 is 26.6 Å². The number of piperidine rings is 1. The molecule has 3 heterocycles. The van der Waals surface area contributed by atoms with Gasteiger partial charge in [0, 0.05) is 42.7 Å². The van der Waals surface area contributed by atoms with Crippen molar-refractivity contribution in [3.05, 3.63) is 34.6 Å². The van der Waals surface area contributed by atoms with Gasteiger partial charge in [-0.3, -0.25) is 19.7 Å². The van der Waals surface area contributed by atoms with E-state index in [9.17, 15) is 14.4 Å². The van der Waals surface area contributed by atoms with Crippen molar-refractivity contribution in [3.63, 3.8) is 0 Å². The van der Waals surface area contributed by atoms with Crippen molar-refractivity contribution in [2.45, 2.75) is 88.6 Å². The molecule has 1 aliphatic carbocycles. The normalized spacial score (nSPS) is 30.9. The second-order valence-corrected chi connectivity index (χ2v) is 11.1. The Morgan fingerprint density at radius 2 is 1.94 bits per heavy atom. The van der Waals surface area contributed by atoms with Gasteiger partial charge in [0.15, 0.2) is 0 Å². The Kier molecular flexibility index (Phi) is 8.24. The largest absolute Gasteiger partial charge is 0.376 e. The zero-order valence-corrected chi connectivity index (χ0v) is 22.4. The van der Waals surface area contributed by atoms with Gasteiger partial charge >= 0.3 is 0 Å². The molecule has 3 atom stereocenters. The van der Waals surface area contributed by atoms with Crippen LogP contribution in [0.3, 0.4) is 0 Å². The highest BCUT2D eigenvalue weighted by atomic mass is 127. The molecule has 0 bridgehead atoms. The summed E-state index contributed by atoms with van der Waals surface area (Å²) in [6, 6.07) is 3.21. The fourth-order valence-electron chi connectivity index (χ4n) is 6.15. The Balaban J connectivity index is 1.25. The second kappa shape index (κ2) is 11.4. The summed E-state index contributed by atoms with van der Waals surface area (Å²) in [6.07, 6.45) is 7.22. The van der Waals surface area contributed by atoms with Gasteiger partial charge in [0.1, 0.15) is 34.9 Å². The van der Waals surface area contributed by atoms with Gasteiger partial charge in [0.2, 0.25) is 11.8 Å². The summed E-state index contributed by atoms with van der Waals surface area (Å²) in [4.78, 5) is 38.2. The molecule has 36 heavy (non-hydrogen) atoms. The van der Waals surface area contributed by atoms with Crippen LogP contribution in [-0.4, -0.2) is 60.1 Å². The molecule has 10 heteroatoms. The fraction of sp³-hybridized carbons (Fsp3) is 0.654. The number of imide groups is 1. The quantitative estimate of drug-likeness (QED) is 0.363. The van der Waals surface area contributed by atoms with Gasteiger partial charge in [-0.05, 0) is 62.5 Å². The summed E-state index contributed by atoms with van der Waals surface area (Å²) in [7, 11) is 0. The van der Waals surface area contributed by atoms with Crippen LogP contribution in [0.25, 0.3) is 0 Å². The molecule has 0 aromatic heterocycles. The highest BCUT2D eigenvalue weighted by Gasteiger charge is 2.41. The molecule has 2 saturated heterocycles. The first kappa shape index (κ1) is 26.0. The summed E-state index contributed by atoms with van der Waals surface area (Å²) in [5, 5.41) is 6.09. The molecule has 8 nitrogen and oxygen atoms in total. The lowest BCUT2D eigenvalue weighted by molar-refractivity contribution is -0.136. The Hall–Kier alpha value is -1.63. The molecule has 3 aliphatic heterocycles. The molecule has 1 aromatic rings. The molecular formula is C26H33FIN3O5. The van der Waals surface area contributed by atoms with E-state index in [2.05, 4.69) is 10.6 Å². The first-order chi connectivity index (χ1) is 17.4. The molecule has 0 spiro atoms. The Labute approximate surface area is 224 Å². The lowest BCUT2D eigenvalue weighted by atomic mass is 9.85. The summed E-state index contributed by atoms with van der Waals surface area (Å²) in [5.74, 6) is -0.952. The lowest BCUT2D eigenvalue weighted by Crippen LogP contribution is -2.52. The molecule has 5 rings (SSSR count). The minimum atomic E-state index is -0.751. The minimum Gasteiger partial charge on any atom is -0.376 e.